The van der Waals surface area contributed by atoms with E-state index in [2.05, 4.69) is 0 Å². The van der Waals surface area contributed by atoms with Crippen molar-refractivity contribution < 1.29 is 45.4 Å². The highest BCUT2D eigenvalue weighted by Crippen LogP contribution is 2.50. The molecule has 5 rings (SSSR count). The normalized spacial score (nSPS) is 20.4. The van der Waals surface area contributed by atoms with Crippen LogP contribution in [0, 0.1) is 5.92 Å². The number of methoxy groups -OCH3 is 1. The second-order valence-corrected chi connectivity index (χ2v) is 12.6. The van der Waals surface area contributed by atoms with Gasteiger partial charge in [0, 0.05) is 12.6 Å². The zero-order valence-corrected chi connectivity index (χ0v) is 24.4. The van der Waals surface area contributed by atoms with E-state index in [1.165, 1.54) is 4.90 Å². The van der Waals surface area contributed by atoms with E-state index in [9.17, 15) is 35.9 Å². The number of anilines is 1. The fourth-order valence-corrected chi connectivity index (χ4v) is 6.20. The van der Waals surface area contributed by atoms with Crippen LogP contribution in [0.25, 0.3) is 0 Å². The third kappa shape index (κ3) is 6.57. The molecule has 0 unspecified atom stereocenters. The van der Waals surface area contributed by atoms with Crippen LogP contribution in [-0.2, 0) is 41.2 Å². The fraction of sp³-hybridized carbons (Fsp3) is 0.548. The Morgan fingerprint density at radius 3 is 2.00 bits per heavy atom. The van der Waals surface area contributed by atoms with Crippen LogP contribution in [0.2, 0.25) is 0 Å². The lowest BCUT2D eigenvalue weighted by molar-refractivity contribution is -0.143. The largest absolute Gasteiger partial charge is 0.453 e. The van der Waals surface area contributed by atoms with Crippen LogP contribution < -0.4 is 4.90 Å². The van der Waals surface area contributed by atoms with Gasteiger partial charge in [0.25, 0.3) is 0 Å². The Labute approximate surface area is 245 Å². The second-order valence-electron chi connectivity index (χ2n) is 12.6. The lowest BCUT2D eigenvalue weighted by Gasteiger charge is -2.45. The monoisotopic (exact) mass is 612 g/mol. The standard InChI is InChI=1S/C31H34F6N2O4/c1-29(2,3)43-28(41)39-24(18-8-9-18)15-25(23-12-19-6-5-7-20(19)13-26(23)39)38(27(40)42-4)16-17-10-21(30(32,33)34)14-22(11-17)31(35,36)37/h10-14,18,24-25H,5-9,15-16H2,1-4H3/t24-,25-/m1/s1. The highest BCUT2D eigenvalue weighted by molar-refractivity contribution is 5.91. The van der Waals surface area contributed by atoms with Crippen molar-refractivity contribution in [3.8, 4) is 0 Å². The van der Waals surface area contributed by atoms with Crippen molar-refractivity contribution in [2.45, 2.75) is 95.9 Å². The van der Waals surface area contributed by atoms with Crippen LogP contribution in [-0.4, -0.2) is 35.8 Å². The zero-order chi connectivity index (χ0) is 31.5. The average molecular weight is 613 g/mol. The van der Waals surface area contributed by atoms with E-state index in [4.69, 9.17) is 9.47 Å². The first-order chi connectivity index (χ1) is 20.0. The first kappa shape index (κ1) is 31.0. The first-order valence-electron chi connectivity index (χ1n) is 14.3. The van der Waals surface area contributed by atoms with Crippen LogP contribution in [0.3, 0.4) is 0 Å². The fourth-order valence-electron chi connectivity index (χ4n) is 6.20. The Kier molecular flexibility index (Phi) is 7.88. The minimum Gasteiger partial charge on any atom is -0.453 e. The summed E-state index contributed by atoms with van der Waals surface area (Å²) >= 11 is 0. The summed E-state index contributed by atoms with van der Waals surface area (Å²) in [6.07, 6.45) is -7.16. The van der Waals surface area contributed by atoms with Gasteiger partial charge in [-0.25, -0.2) is 9.59 Å². The Balaban J connectivity index is 1.63. The summed E-state index contributed by atoms with van der Waals surface area (Å²) in [7, 11) is 1.11. The van der Waals surface area contributed by atoms with Gasteiger partial charge in [0.1, 0.15) is 5.60 Å². The third-order valence-electron chi connectivity index (χ3n) is 8.20. The molecule has 1 aliphatic heterocycles. The van der Waals surface area contributed by atoms with Crippen molar-refractivity contribution in [1.82, 2.24) is 4.90 Å². The van der Waals surface area contributed by atoms with Gasteiger partial charge in [-0.2, -0.15) is 26.3 Å². The topological polar surface area (TPSA) is 59.1 Å². The maximum atomic E-state index is 13.6. The highest BCUT2D eigenvalue weighted by Gasteiger charge is 2.48. The third-order valence-corrected chi connectivity index (χ3v) is 8.20. The molecule has 43 heavy (non-hydrogen) atoms. The summed E-state index contributed by atoms with van der Waals surface area (Å²) in [6, 6.07) is 3.98. The molecular formula is C31H34F6N2O4. The predicted molar refractivity (Wildman–Crippen MR) is 145 cm³/mol. The molecule has 0 spiro atoms. The van der Waals surface area contributed by atoms with Crippen LogP contribution >= 0.6 is 0 Å². The van der Waals surface area contributed by atoms with Crippen LogP contribution in [0.4, 0.5) is 41.6 Å². The second kappa shape index (κ2) is 10.9. The summed E-state index contributed by atoms with van der Waals surface area (Å²) in [4.78, 5) is 29.7. The van der Waals surface area contributed by atoms with Crippen molar-refractivity contribution in [1.29, 1.82) is 0 Å². The number of ether oxygens (including phenoxy) is 2. The lowest BCUT2D eigenvalue weighted by Crippen LogP contribution is -2.51. The molecule has 1 saturated carbocycles. The molecule has 2 aromatic carbocycles. The highest BCUT2D eigenvalue weighted by atomic mass is 19.4. The predicted octanol–water partition coefficient (Wildman–Crippen LogP) is 8.45. The molecule has 12 heteroatoms. The van der Waals surface area contributed by atoms with Crippen LogP contribution in [0.5, 0.6) is 0 Å². The number of amides is 2. The number of halogens is 6. The number of carbonyl (C=O) groups excluding carboxylic acids is 2. The molecule has 2 atom stereocenters. The Bertz CT molecular complexity index is 1380. The average Bonchev–Trinajstić information content (AvgIpc) is 3.64. The van der Waals surface area contributed by atoms with Crippen LogP contribution in [0.15, 0.2) is 30.3 Å². The molecule has 2 aliphatic carbocycles. The van der Waals surface area contributed by atoms with E-state index in [0.717, 1.165) is 50.3 Å². The van der Waals surface area contributed by atoms with Gasteiger partial charge in [-0.15, -0.1) is 0 Å². The number of aryl methyl sites for hydroxylation is 2. The van der Waals surface area contributed by atoms with E-state index < -0.39 is 59.9 Å². The van der Waals surface area contributed by atoms with E-state index in [1.54, 1.807) is 25.7 Å². The minimum absolute atomic E-state index is 0.0625. The van der Waals surface area contributed by atoms with E-state index in [0.29, 0.717) is 23.4 Å². The summed E-state index contributed by atoms with van der Waals surface area (Å²) in [5.74, 6) is 0.0984. The number of hydrogen-bond donors (Lipinski definition) is 0. The van der Waals surface area contributed by atoms with Crippen molar-refractivity contribution in [3.05, 3.63) is 63.7 Å². The summed E-state index contributed by atoms with van der Waals surface area (Å²) < 4.78 is 92.6. The molecule has 0 aromatic heterocycles. The number of carbonyl (C=O) groups is 2. The summed E-state index contributed by atoms with van der Waals surface area (Å²) in [5.41, 5.74) is -0.842. The van der Waals surface area contributed by atoms with Gasteiger partial charge >= 0.3 is 24.5 Å². The molecule has 1 fully saturated rings. The quantitative estimate of drug-likeness (QED) is 0.325. The first-order valence-corrected chi connectivity index (χ1v) is 14.3. The summed E-state index contributed by atoms with van der Waals surface area (Å²) in [5, 5.41) is 0. The molecule has 0 radical (unpaired) electrons. The molecule has 0 bridgehead atoms. The van der Waals surface area contributed by atoms with Gasteiger partial charge in [0.2, 0.25) is 0 Å². The molecule has 0 saturated heterocycles. The van der Waals surface area contributed by atoms with Crippen molar-refractivity contribution in [2.24, 2.45) is 5.92 Å². The molecular weight excluding hydrogens is 578 g/mol. The lowest BCUT2D eigenvalue weighted by atomic mass is 9.86. The van der Waals surface area contributed by atoms with Gasteiger partial charge in [-0.1, -0.05) is 6.07 Å². The number of alkyl halides is 6. The Hall–Kier alpha value is -3.44. The Morgan fingerprint density at radius 2 is 1.49 bits per heavy atom. The van der Waals surface area contributed by atoms with Gasteiger partial charge < -0.3 is 9.47 Å². The zero-order valence-electron chi connectivity index (χ0n) is 24.4. The minimum atomic E-state index is -5.03. The molecule has 1 heterocycles. The maximum absolute atomic E-state index is 13.6. The van der Waals surface area contributed by atoms with Gasteiger partial charge in [-0.3, -0.25) is 9.80 Å². The molecule has 2 amide bonds. The number of hydrogen-bond acceptors (Lipinski definition) is 4. The molecule has 234 valence electrons. The van der Waals surface area contributed by atoms with Crippen molar-refractivity contribution in [2.75, 3.05) is 12.0 Å². The maximum Gasteiger partial charge on any atom is 0.416 e. The Morgan fingerprint density at radius 1 is 0.907 bits per heavy atom. The van der Waals surface area contributed by atoms with E-state index in [-0.39, 0.29) is 24.0 Å². The molecule has 6 nitrogen and oxygen atoms in total. The number of fused-ring (bicyclic) bond motifs is 2. The van der Waals surface area contributed by atoms with Crippen molar-refractivity contribution >= 4 is 17.9 Å². The van der Waals surface area contributed by atoms with Gasteiger partial charge in [0.05, 0.1) is 30.0 Å². The van der Waals surface area contributed by atoms with Gasteiger partial charge in [0.15, 0.2) is 0 Å². The molecule has 3 aliphatic rings. The van der Waals surface area contributed by atoms with E-state index in [1.807, 2.05) is 12.1 Å². The summed E-state index contributed by atoms with van der Waals surface area (Å²) in [6.45, 7) is 4.72. The number of rotatable bonds is 4. The van der Waals surface area contributed by atoms with E-state index >= 15 is 0 Å². The molecule has 2 aromatic rings. The van der Waals surface area contributed by atoms with Gasteiger partial charge in [-0.05, 0) is 112 Å². The number of nitrogens with zero attached hydrogens (tertiary/aromatic N) is 2. The van der Waals surface area contributed by atoms with Crippen molar-refractivity contribution in [3.63, 3.8) is 0 Å². The SMILES string of the molecule is COC(=O)N(Cc1cc(C(F)(F)F)cc(C(F)(F)F)c1)[C@@H]1C[C@H](C2CC2)N(C(=O)OC(C)(C)C)c2cc3c(cc21)CCC3. The molecule has 0 N–H and O–H groups in total. The van der Waals surface area contributed by atoms with Crippen LogP contribution in [0.1, 0.15) is 85.9 Å². The smallest absolute Gasteiger partial charge is 0.416 e. The number of benzene rings is 2.